The number of aromatic carboxylic acids is 1. The lowest BCUT2D eigenvalue weighted by Crippen LogP contribution is -2.02. The molecule has 0 aromatic carbocycles. The Morgan fingerprint density at radius 2 is 2.25 bits per heavy atom. The van der Waals surface area contributed by atoms with Crippen molar-refractivity contribution in [1.29, 1.82) is 0 Å². The van der Waals surface area contributed by atoms with Gasteiger partial charge in [-0.05, 0) is 25.0 Å². The first-order chi connectivity index (χ1) is 9.74. The average molecular weight is 293 g/mol. The molecule has 6 nitrogen and oxygen atoms in total. The predicted molar refractivity (Wildman–Crippen MR) is 72.8 cm³/mol. The third-order valence-electron chi connectivity index (χ3n) is 3.29. The van der Waals surface area contributed by atoms with Crippen molar-refractivity contribution in [3.05, 3.63) is 29.5 Å². The van der Waals surface area contributed by atoms with Crippen LogP contribution in [-0.2, 0) is 18.7 Å². The lowest BCUT2D eigenvalue weighted by molar-refractivity contribution is 0.0661. The van der Waals surface area contributed by atoms with E-state index < -0.39 is 5.97 Å². The molecule has 0 aliphatic carbocycles. The molecular formula is C13H15N3O3S. The third kappa shape index (κ3) is 2.72. The molecule has 3 rings (SSSR count). The predicted octanol–water partition coefficient (Wildman–Crippen LogP) is 2.59. The van der Waals surface area contributed by atoms with E-state index in [2.05, 4.69) is 14.8 Å². The summed E-state index contributed by atoms with van der Waals surface area (Å²) in [5.74, 6) is 1.18. The molecule has 1 N–H and O–H groups in total. The molecule has 0 atom stereocenters. The molecule has 0 radical (unpaired) electrons. The van der Waals surface area contributed by atoms with Crippen LogP contribution in [0.25, 0.3) is 0 Å². The smallest absolute Gasteiger partial charge is 0.371 e. The van der Waals surface area contributed by atoms with Gasteiger partial charge >= 0.3 is 5.97 Å². The number of carboxylic acids is 1. The zero-order chi connectivity index (χ0) is 13.9. The standard InChI is InChI=1S/C13H15N3O3S/c17-12(18)10-6-5-9(19-10)8-20-13-15-14-11-4-2-1-3-7-16(11)13/h5-6H,1-4,7-8H2,(H,17,18). The lowest BCUT2D eigenvalue weighted by atomic mass is 10.2. The van der Waals surface area contributed by atoms with E-state index in [1.54, 1.807) is 6.07 Å². The number of hydrogen-bond donors (Lipinski definition) is 1. The number of rotatable bonds is 4. The molecule has 20 heavy (non-hydrogen) atoms. The van der Waals surface area contributed by atoms with Gasteiger partial charge in [-0.15, -0.1) is 10.2 Å². The molecule has 0 saturated carbocycles. The van der Waals surface area contributed by atoms with Crippen molar-refractivity contribution in [2.24, 2.45) is 0 Å². The molecule has 7 heteroatoms. The average Bonchev–Trinajstić information content (AvgIpc) is 2.98. The van der Waals surface area contributed by atoms with Crippen molar-refractivity contribution >= 4 is 17.7 Å². The SMILES string of the molecule is O=C(O)c1ccc(CSc2nnc3n2CCCCC3)o1. The van der Waals surface area contributed by atoms with Crippen LogP contribution in [0.2, 0.25) is 0 Å². The fourth-order valence-electron chi connectivity index (χ4n) is 2.27. The molecule has 0 bridgehead atoms. The monoisotopic (exact) mass is 293 g/mol. The Labute approximate surface area is 120 Å². The maximum Gasteiger partial charge on any atom is 0.371 e. The second kappa shape index (κ2) is 5.70. The Morgan fingerprint density at radius 3 is 3.05 bits per heavy atom. The third-order valence-corrected chi connectivity index (χ3v) is 4.28. The number of furan rings is 1. The minimum absolute atomic E-state index is 0.0272. The Bertz CT molecular complexity index is 620. The molecular weight excluding hydrogens is 278 g/mol. The molecule has 2 aromatic heterocycles. The lowest BCUT2D eigenvalue weighted by Gasteiger charge is -2.05. The van der Waals surface area contributed by atoms with E-state index >= 15 is 0 Å². The highest BCUT2D eigenvalue weighted by atomic mass is 32.2. The molecule has 0 saturated heterocycles. The van der Waals surface area contributed by atoms with E-state index in [-0.39, 0.29) is 5.76 Å². The highest BCUT2D eigenvalue weighted by Gasteiger charge is 2.16. The van der Waals surface area contributed by atoms with Crippen molar-refractivity contribution in [3.63, 3.8) is 0 Å². The Hall–Kier alpha value is -1.76. The summed E-state index contributed by atoms with van der Waals surface area (Å²) in [6.45, 7) is 0.962. The number of fused-ring (bicyclic) bond motifs is 1. The van der Waals surface area contributed by atoms with Crippen molar-refractivity contribution in [1.82, 2.24) is 14.8 Å². The van der Waals surface area contributed by atoms with E-state index in [9.17, 15) is 4.79 Å². The molecule has 2 aromatic rings. The summed E-state index contributed by atoms with van der Waals surface area (Å²) in [7, 11) is 0. The number of carbonyl (C=O) groups is 1. The van der Waals surface area contributed by atoms with Crippen LogP contribution in [0.3, 0.4) is 0 Å². The van der Waals surface area contributed by atoms with Crippen LogP contribution in [0.1, 0.15) is 41.4 Å². The number of aryl methyl sites for hydroxylation is 1. The summed E-state index contributed by atoms with van der Waals surface area (Å²) in [5.41, 5.74) is 0. The van der Waals surface area contributed by atoms with Gasteiger partial charge in [0.15, 0.2) is 5.16 Å². The second-order valence-corrected chi connectivity index (χ2v) is 5.66. The normalized spacial score (nSPS) is 14.8. The fourth-order valence-corrected chi connectivity index (χ4v) is 3.15. The second-order valence-electron chi connectivity index (χ2n) is 4.72. The maximum absolute atomic E-state index is 10.7. The van der Waals surface area contributed by atoms with E-state index in [1.807, 2.05) is 0 Å². The van der Waals surface area contributed by atoms with Gasteiger partial charge in [-0.25, -0.2) is 4.79 Å². The van der Waals surface area contributed by atoms with Gasteiger partial charge in [-0.2, -0.15) is 0 Å². The van der Waals surface area contributed by atoms with Crippen molar-refractivity contribution < 1.29 is 14.3 Å². The minimum Gasteiger partial charge on any atom is -0.475 e. The number of thioether (sulfide) groups is 1. The zero-order valence-corrected chi connectivity index (χ0v) is 11.7. The molecule has 1 aliphatic heterocycles. The van der Waals surface area contributed by atoms with Crippen molar-refractivity contribution in [2.45, 2.75) is 43.1 Å². The first-order valence-electron chi connectivity index (χ1n) is 6.61. The summed E-state index contributed by atoms with van der Waals surface area (Å²) in [6.07, 6.45) is 4.54. The van der Waals surface area contributed by atoms with Gasteiger partial charge in [0.2, 0.25) is 5.76 Å². The number of carboxylic acid groups (broad SMARTS) is 1. The van der Waals surface area contributed by atoms with Crippen LogP contribution in [0.5, 0.6) is 0 Å². The van der Waals surface area contributed by atoms with Crippen LogP contribution >= 0.6 is 11.8 Å². The summed E-state index contributed by atoms with van der Waals surface area (Å²) >= 11 is 1.53. The van der Waals surface area contributed by atoms with Crippen molar-refractivity contribution in [2.75, 3.05) is 0 Å². The quantitative estimate of drug-likeness (QED) is 0.873. The van der Waals surface area contributed by atoms with Gasteiger partial charge in [0.25, 0.3) is 0 Å². The summed E-state index contributed by atoms with van der Waals surface area (Å²) in [6, 6.07) is 3.17. The van der Waals surface area contributed by atoms with Gasteiger partial charge in [-0.3, -0.25) is 0 Å². The van der Waals surface area contributed by atoms with Crippen LogP contribution in [0.4, 0.5) is 0 Å². The van der Waals surface area contributed by atoms with Crippen LogP contribution in [-0.4, -0.2) is 25.8 Å². The first-order valence-corrected chi connectivity index (χ1v) is 7.59. The maximum atomic E-state index is 10.7. The van der Waals surface area contributed by atoms with Gasteiger partial charge in [0.05, 0.1) is 5.75 Å². The van der Waals surface area contributed by atoms with Gasteiger partial charge < -0.3 is 14.1 Å². The Kier molecular flexibility index (Phi) is 3.77. The van der Waals surface area contributed by atoms with Crippen LogP contribution in [0.15, 0.2) is 21.7 Å². The number of nitrogens with zero attached hydrogens (tertiary/aromatic N) is 3. The van der Waals surface area contributed by atoms with E-state index in [0.29, 0.717) is 11.5 Å². The molecule has 0 unspecified atom stereocenters. The fraction of sp³-hybridized carbons (Fsp3) is 0.462. The van der Waals surface area contributed by atoms with E-state index in [1.165, 1.54) is 30.7 Å². The van der Waals surface area contributed by atoms with Gasteiger partial charge in [-0.1, -0.05) is 18.2 Å². The summed E-state index contributed by atoms with van der Waals surface area (Å²) in [4.78, 5) is 10.7. The Balaban J connectivity index is 1.69. The molecule has 3 heterocycles. The largest absolute Gasteiger partial charge is 0.475 e. The molecule has 0 amide bonds. The molecule has 106 valence electrons. The molecule has 0 fully saturated rings. The first kappa shape index (κ1) is 13.2. The molecule has 0 spiro atoms. The topological polar surface area (TPSA) is 81.1 Å². The van der Waals surface area contributed by atoms with E-state index in [4.69, 9.17) is 9.52 Å². The van der Waals surface area contributed by atoms with Crippen LogP contribution in [0, 0.1) is 0 Å². The van der Waals surface area contributed by atoms with E-state index in [0.717, 1.165) is 30.4 Å². The number of aromatic nitrogens is 3. The summed E-state index contributed by atoms with van der Waals surface area (Å²) in [5, 5.41) is 18.1. The van der Waals surface area contributed by atoms with Gasteiger partial charge in [0, 0.05) is 13.0 Å². The highest BCUT2D eigenvalue weighted by molar-refractivity contribution is 7.98. The van der Waals surface area contributed by atoms with Gasteiger partial charge in [0.1, 0.15) is 11.6 Å². The zero-order valence-electron chi connectivity index (χ0n) is 10.9. The van der Waals surface area contributed by atoms with Crippen molar-refractivity contribution in [3.8, 4) is 0 Å². The minimum atomic E-state index is -1.04. The highest BCUT2D eigenvalue weighted by Crippen LogP contribution is 2.25. The Morgan fingerprint density at radius 1 is 1.35 bits per heavy atom. The number of hydrogen-bond acceptors (Lipinski definition) is 5. The summed E-state index contributed by atoms with van der Waals surface area (Å²) < 4.78 is 7.40. The molecule has 1 aliphatic rings. The van der Waals surface area contributed by atoms with Crippen LogP contribution < -0.4 is 0 Å².